The number of phenolic OH excluding ortho intramolecular Hbond substituents is 2. The molecule has 1 aromatic heterocycles. The first-order valence-corrected chi connectivity index (χ1v) is 20.2. The molecule has 4 aromatic carbocycles. The van der Waals surface area contributed by atoms with E-state index in [2.05, 4.69) is 45.2 Å². The first-order valence-electron chi connectivity index (χ1n) is 20.2. The number of aliphatic hydroxyl groups excluding tert-OH is 3. The Morgan fingerprint density at radius 2 is 1.84 bits per heavy atom. The Bertz CT molecular complexity index is 2240. The second-order valence-electron chi connectivity index (χ2n) is 15.8. The van der Waals surface area contributed by atoms with Crippen molar-refractivity contribution < 1.29 is 44.5 Å². The van der Waals surface area contributed by atoms with Gasteiger partial charge >= 0.3 is 0 Å². The molecule has 1 aliphatic carbocycles. The van der Waals surface area contributed by atoms with Crippen LogP contribution >= 0.6 is 0 Å². The smallest absolute Gasteiger partial charge is 0.161 e. The van der Waals surface area contributed by atoms with Gasteiger partial charge < -0.3 is 60.1 Å². The van der Waals surface area contributed by atoms with Crippen molar-refractivity contribution in [2.24, 2.45) is 0 Å². The van der Waals surface area contributed by atoms with Crippen LogP contribution in [0.25, 0.3) is 22.0 Å². The van der Waals surface area contributed by atoms with Crippen LogP contribution in [0.2, 0.25) is 0 Å². The van der Waals surface area contributed by atoms with E-state index in [9.17, 15) is 25.5 Å². The molecule has 0 amide bonds. The number of hydrogen-bond acceptors (Lipinski definition) is 12. The van der Waals surface area contributed by atoms with E-state index in [1.54, 1.807) is 25.1 Å². The highest BCUT2D eigenvalue weighted by Gasteiger charge is 2.50. The van der Waals surface area contributed by atoms with Crippen molar-refractivity contribution >= 4 is 10.9 Å². The summed E-state index contributed by atoms with van der Waals surface area (Å²) in [6.45, 7) is 2.77. The van der Waals surface area contributed by atoms with Crippen LogP contribution in [0.4, 0.5) is 0 Å². The van der Waals surface area contributed by atoms with Crippen LogP contribution in [-0.2, 0) is 30.4 Å². The fraction of sp³-hybridized carbons (Fsp3) is 0.422. The van der Waals surface area contributed by atoms with Gasteiger partial charge in [-0.1, -0.05) is 18.2 Å². The lowest BCUT2D eigenvalue weighted by atomic mass is 9.70. The number of aromatic amines is 1. The van der Waals surface area contributed by atoms with Crippen LogP contribution in [0.5, 0.6) is 28.7 Å². The van der Waals surface area contributed by atoms with E-state index in [4.69, 9.17) is 18.9 Å². The van der Waals surface area contributed by atoms with E-state index in [1.807, 2.05) is 31.4 Å². The number of benzene rings is 4. The molecule has 13 nitrogen and oxygen atoms in total. The summed E-state index contributed by atoms with van der Waals surface area (Å²) in [4.78, 5) is 3.29. The summed E-state index contributed by atoms with van der Waals surface area (Å²) in [6, 6.07) is 19.3. The number of fused-ring (bicyclic) bond motifs is 9. The molecule has 2 aliphatic heterocycles. The molecule has 3 heterocycles. The molecule has 5 unspecified atom stereocenters. The van der Waals surface area contributed by atoms with Gasteiger partial charge in [-0.2, -0.15) is 0 Å². The van der Waals surface area contributed by atoms with E-state index in [0.717, 1.165) is 56.5 Å². The van der Waals surface area contributed by atoms with Crippen molar-refractivity contribution in [1.29, 1.82) is 0 Å². The molecule has 9 N–H and O–H groups in total. The fourth-order valence-corrected chi connectivity index (χ4v) is 9.03. The quantitative estimate of drug-likeness (QED) is 0.0510. The van der Waals surface area contributed by atoms with Crippen LogP contribution in [0.3, 0.4) is 0 Å². The maximum Gasteiger partial charge on any atom is 0.161 e. The summed E-state index contributed by atoms with van der Waals surface area (Å²) < 4.78 is 26.7. The highest BCUT2D eigenvalue weighted by molar-refractivity contribution is 5.85. The third-order valence-corrected chi connectivity index (χ3v) is 11.7. The molecule has 58 heavy (non-hydrogen) atoms. The minimum Gasteiger partial charge on any atom is -0.508 e. The Hall–Kier alpha value is -4.86. The van der Waals surface area contributed by atoms with E-state index in [1.165, 1.54) is 5.56 Å². The topological polar surface area (TPSA) is 190 Å². The number of rotatable bonds is 16. The van der Waals surface area contributed by atoms with Gasteiger partial charge in [0.2, 0.25) is 0 Å². The van der Waals surface area contributed by atoms with Gasteiger partial charge in [0.15, 0.2) is 17.6 Å². The SMILES string of the molecule is CNCOC1(CNCNCC(C)O)Cc2c3c(c4c(c2OC1c1ccc(O)c(OCCO)c1)CCC(CO)O4)-c1ccc(O)cc1C(Cc1ccc2[nH]ccc2c1)C3. The largest absolute Gasteiger partial charge is 0.508 e. The van der Waals surface area contributed by atoms with Crippen LogP contribution in [-0.4, -0.2) is 102 Å². The normalized spacial score (nSPS) is 21.3. The number of nitrogens with one attached hydrogen (secondary N) is 4. The molecule has 0 saturated carbocycles. The van der Waals surface area contributed by atoms with Crippen LogP contribution < -0.4 is 30.2 Å². The maximum atomic E-state index is 10.9. The molecule has 308 valence electrons. The van der Waals surface area contributed by atoms with Gasteiger partial charge in [-0.15, -0.1) is 0 Å². The van der Waals surface area contributed by atoms with E-state index in [0.29, 0.717) is 56.8 Å². The molecular formula is C45H54N4O9. The molecular weight excluding hydrogens is 741 g/mol. The summed E-state index contributed by atoms with van der Waals surface area (Å²) in [5.74, 6) is 1.78. The molecule has 0 saturated heterocycles. The number of aromatic nitrogens is 1. The molecule has 5 aromatic rings. The zero-order valence-electron chi connectivity index (χ0n) is 33.0. The molecule has 0 radical (unpaired) electrons. The van der Waals surface area contributed by atoms with Crippen molar-refractivity contribution in [3.05, 3.63) is 100 Å². The summed E-state index contributed by atoms with van der Waals surface area (Å²) >= 11 is 0. The molecule has 0 fully saturated rings. The van der Waals surface area contributed by atoms with Gasteiger partial charge in [0.1, 0.15) is 35.6 Å². The molecule has 0 spiro atoms. The Balaban J connectivity index is 1.30. The summed E-state index contributed by atoms with van der Waals surface area (Å²) in [6.07, 6.45) is 3.36. The van der Waals surface area contributed by atoms with Gasteiger partial charge in [-0.25, -0.2) is 0 Å². The van der Waals surface area contributed by atoms with E-state index in [-0.39, 0.29) is 55.8 Å². The Kier molecular flexibility index (Phi) is 11.8. The van der Waals surface area contributed by atoms with Crippen molar-refractivity contribution in [3.8, 4) is 39.9 Å². The standard InChI is InChI=1S/C45H54N4O9/c1-26(52)21-47-24-48-23-45(56-25-46-2)20-37-36-17-30(16-27-3-9-38-28(15-27)11-12-49-38)35-19-31(53)5-7-33(35)41(36)43-34(8-6-32(22-51)57-43)42(37)58-44(45)29-4-10-39(54)40(18-29)55-14-13-50/h3-5,7,9-12,15,18-19,26,30,32,44,46-54H,6,8,13-14,16-17,20-25H2,1-2H3. The molecule has 3 aliphatic rings. The average molecular weight is 795 g/mol. The monoisotopic (exact) mass is 794 g/mol. The molecule has 5 atom stereocenters. The van der Waals surface area contributed by atoms with Crippen LogP contribution in [0.1, 0.15) is 58.7 Å². The van der Waals surface area contributed by atoms with E-state index < -0.39 is 17.8 Å². The highest BCUT2D eigenvalue weighted by atomic mass is 16.6. The summed E-state index contributed by atoms with van der Waals surface area (Å²) in [5.41, 5.74) is 7.96. The van der Waals surface area contributed by atoms with Crippen molar-refractivity contribution in [2.75, 3.05) is 53.4 Å². The van der Waals surface area contributed by atoms with E-state index >= 15 is 0 Å². The van der Waals surface area contributed by atoms with Gasteiger partial charge in [-0.05, 0) is 121 Å². The third-order valence-electron chi connectivity index (χ3n) is 11.7. The highest BCUT2D eigenvalue weighted by Crippen LogP contribution is 2.57. The van der Waals surface area contributed by atoms with Crippen molar-refractivity contribution in [1.82, 2.24) is 20.9 Å². The lowest BCUT2D eigenvalue weighted by Crippen LogP contribution is -2.56. The number of hydrogen-bond donors (Lipinski definition) is 9. The van der Waals surface area contributed by atoms with Crippen molar-refractivity contribution in [3.63, 3.8) is 0 Å². The molecule has 8 rings (SSSR count). The van der Waals surface area contributed by atoms with Gasteiger partial charge in [0.25, 0.3) is 0 Å². The Labute approximate surface area is 337 Å². The zero-order valence-corrected chi connectivity index (χ0v) is 33.0. The lowest BCUT2D eigenvalue weighted by molar-refractivity contribution is -0.129. The number of phenols is 2. The van der Waals surface area contributed by atoms with Gasteiger partial charge in [0, 0.05) is 54.6 Å². The summed E-state index contributed by atoms with van der Waals surface area (Å²) in [7, 11) is 1.83. The predicted octanol–water partition coefficient (Wildman–Crippen LogP) is 4.31. The minimum atomic E-state index is -1.01. The number of H-pyrrole nitrogens is 1. The first kappa shape index (κ1) is 39.9. The minimum absolute atomic E-state index is 0.00171. The third kappa shape index (κ3) is 7.83. The summed E-state index contributed by atoms with van der Waals surface area (Å²) in [5, 5.41) is 62.6. The second kappa shape index (κ2) is 17.2. The van der Waals surface area contributed by atoms with Crippen LogP contribution in [0, 0.1) is 0 Å². The molecule has 0 bridgehead atoms. The average Bonchev–Trinajstić information content (AvgIpc) is 3.70. The van der Waals surface area contributed by atoms with Gasteiger partial charge in [-0.3, -0.25) is 5.32 Å². The van der Waals surface area contributed by atoms with Crippen molar-refractivity contribution in [2.45, 2.75) is 68.9 Å². The fourth-order valence-electron chi connectivity index (χ4n) is 9.03. The number of aromatic hydroxyl groups is 2. The predicted molar refractivity (Wildman–Crippen MR) is 220 cm³/mol. The molecule has 13 heteroatoms. The van der Waals surface area contributed by atoms with Crippen LogP contribution in [0.15, 0.2) is 66.9 Å². The zero-order chi connectivity index (χ0) is 40.4. The first-order chi connectivity index (χ1) is 28.2. The van der Waals surface area contributed by atoms with Gasteiger partial charge in [0.05, 0.1) is 26.0 Å². The Morgan fingerprint density at radius 3 is 2.66 bits per heavy atom. The maximum absolute atomic E-state index is 10.9. The number of aliphatic hydroxyl groups is 3. The lowest BCUT2D eigenvalue weighted by Gasteiger charge is -2.47. The number of ether oxygens (including phenoxy) is 4. The second-order valence-corrected chi connectivity index (χ2v) is 15.8. The Morgan fingerprint density at radius 1 is 0.966 bits per heavy atom.